The minimum Gasteiger partial charge on any atom is -0.478 e. The van der Waals surface area contributed by atoms with Gasteiger partial charge in [0, 0.05) is 5.57 Å². The molecule has 0 saturated carbocycles. The standard InChI is InChI=1S/C5H8O2.C3H6O.C2H4O/c1-3-4(2)5(6)7;1-3-2-4-3;1-2-3-1/h3H,1-2H3,(H,6,7);3H,2H2,1H3;1-2H2. The van der Waals surface area contributed by atoms with Gasteiger partial charge in [-0.2, -0.15) is 0 Å². The van der Waals surface area contributed by atoms with Crippen LogP contribution in [0.1, 0.15) is 20.8 Å². The van der Waals surface area contributed by atoms with Gasteiger partial charge in [-0.1, -0.05) is 6.08 Å². The SMILES string of the molecule is C1CO1.CC1CO1.CC=C(C)C(=O)O. The number of aliphatic carboxylic acids is 1. The molecular formula is C10H18O4. The predicted molar refractivity (Wildman–Crippen MR) is 53.3 cm³/mol. The van der Waals surface area contributed by atoms with Gasteiger partial charge in [0.25, 0.3) is 0 Å². The Bertz CT molecular complexity index is 190. The molecule has 14 heavy (non-hydrogen) atoms. The molecule has 0 aliphatic carbocycles. The van der Waals surface area contributed by atoms with Gasteiger partial charge in [-0.05, 0) is 20.8 Å². The van der Waals surface area contributed by atoms with Crippen molar-refractivity contribution < 1.29 is 19.4 Å². The van der Waals surface area contributed by atoms with Crippen LogP contribution in [0.15, 0.2) is 11.6 Å². The highest BCUT2D eigenvalue weighted by Gasteiger charge is 2.13. The zero-order valence-electron chi connectivity index (χ0n) is 8.95. The molecule has 0 aromatic heterocycles. The van der Waals surface area contributed by atoms with Crippen molar-refractivity contribution in [1.29, 1.82) is 0 Å². The normalized spacial score (nSPS) is 22.2. The predicted octanol–water partition coefficient (Wildman–Crippen LogP) is 1.46. The molecule has 0 bridgehead atoms. The first-order chi connectivity index (χ1) is 6.57. The van der Waals surface area contributed by atoms with Crippen LogP contribution in [-0.2, 0) is 14.3 Å². The molecule has 1 atom stereocenters. The number of carbonyl (C=O) groups is 1. The van der Waals surface area contributed by atoms with Gasteiger partial charge >= 0.3 is 5.97 Å². The monoisotopic (exact) mass is 202 g/mol. The van der Waals surface area contributed by atoms with Gasteiger partial charge < -0.3 is 14.6 Å². The van der Waals surface area contributed by atoms with Crippen LogP contribution in [0.2, 0.25) is 0 Å². The quantitative estimate of drug-likeness (QED) is 0.516. The Morgan fingerprint density at radius 3 is 1.86 bits per heavy atom. The van der Waals surface area contributed by atoms with Gasteiger partial charge in [-0.15, -0.1) is 0 Å². The van der Waals surface area contributed by atoms with Crippen LogP contribution >= 0.6 is 0 Å². The van der Waals surface area contributed by atoms with Crippen molar-refractivity contribution in [2.24, 2.45) is 0 Å². The number of hydrogen-bond donors (Lipinski definition) is 1. The minimum absolute atomic E-state index is 0.389. The van der Waals surface area contributed by atoms with Crippen molar-refractivity contribution in [3.05, 3.63) is 11.6 Å². The van der Waals surface area contributed by atoms with Crippen LogP contribution in [0.4, 0.5) is 0 Å². The van der Waals surface area contributed by atoms with Crippen LogP contribution in [0.5, 0.6) is 0 Å². The molecule has 2 fully saturated rings. The average molecular weight is 202 g/mol. The van der Waals surface area contributed by atoms with Gasteiger partial charge in [-0.3, -0.25) is 0 Å². The molecule has 2 saturated heterocycles. The van der Waals surface area contributed by atoms with Crippen LogP contribution in [0.3, 0.4) is 0 Å². The van der Waals surface area contributed by atoms with Gasteiger partial charge in [0.05, 0.1) is 25.9 Å². The lowest BCUT2D eigenvalue weighted by molar-refractivity contribution is -0.132. The summed E-state index contributed by atoms with van der Waals surface area (Å²) in [6.07, 6.45) is 2.14. The second kappa shape index (κ2) is 7.53. The molecule has 0 aromatic rings. The zero-order chi connectivity index (χ0) is 11.0. The Labute approximate surface area is 84.5 Å². The third-order valence-electron chi connectivity index (χ3n) is 1.47. The molecule has 1 unspecified atom stereocenters. The molecule has 2 aliphatic heterocycles. The lowest BCUT2D eigenvalue weighted by atomic mass is 10.3. The number of rotatable bonds is 1. The molecule has 2 aliphatic rings. The molecule has 82 valence electrons. The summed E-state index contributed by atoms with van der Waals surface area (Å²) < 4.78 is 9.21. The van der Waals surface area contributed by atoms with E-state index < -0.39 is 5.97 Å². The molecule has 0 amide bonds. The maximum Gasteiger partial charge on any atom is 0.330 e. The first kappa shape index (κ1) is 13.1. The highest BCUT2D eigenvalue weighted by Crippen LogP contribution is 2.04. The Balaban J connectivity index is 0.000000199. The van der Waals surface area contributed by atoms with Gasteiger partial charge in [0.2, 0.25) is 0 Å². The fraction of sp³-hybridized carbons (Fsp3) is 0.700. The maximum atomic E-state index is 9.86. The van der Waals surface area contributed by atoms with E-state index in [1.807, 2.05) is 0 Å². The third kappa shape index (κ3) is 13.7. The summed E-state index contributed by atoms with van der Waals surface area (Å²) in [6.45, 7) is 8.30. The summed E-state index contributed by atoms with van der Waals surface area (Å²) in [5.41, 5.74) is 0.389. The smallest absolute Gasteiger partial charge is 0.330 e. The van der Waals surface area contributed by atoms with Crippen molar-refractivity contribution in [1.82, 2.24) is 0 Å². The molecule has 1 N–H and O–H groups in total. The maximum absolute atomic E-state index is 9.86. The summed E-state index contributed by atoms with van der Waals surface area (Å²) >= 11 is 0. The Morgan fingerprint density at radius 2 is 1.86 bits per heavy atom. The number of carboxylic acid groups (broad SMARTS) is 1. The topological polar surface area (TPSA) is 62.4 Å². The lowest BCUT2D eigenvalue weighted by Crippen LogP contribution is -1.93. The second-order valence-electron chi connectivity index (χ2n) is 3.03. The lowest BCUT2D eigenvalue weighted by Gasteiger charge is -1.84. The summed E-state index contributed by atoms with van der Waals surface area (Å²) in [5, 5.41) is 8.11. The molecule has 0 radical (unpaired) electrons. The molecule has 0 aromatic carbocycles. The Kier molecular flexibility index (Phi) is 7.06. The third-order valence-corrected chi connectivity index (χ3v) is 1.47. The van der Waals surface area contributed by atoms with Crippen molar-refractivity contribution in [3.63, 3.8) is 0 Å². The fourth-order valence-electron chi connectivity index (χ4n) is 0.220. The van der Waals surface area contributed by atoms with Crippen LogP contribution in [0, 0.1) is 0 Å². The highest BCUT2D eigenvalue weighted by molar-refractivity contribution is 5.85. The number of carboxylic acids is 1. The first-order valence-electron chi connectivity index (χ1n) is 4.63. The zero-order valence-corrected chi connectivity index (χ0v) is 8.95. The Morgan fingerprint density at radius 1 is 1.50 bits per heavy atom. The fourth-order valence-corrected chi connectivity index (χ4v) is 0.220. The number of epoxide rings is 2. The van der Waals surface area contributed by atoms with Crippen LogP contribution in [-0.4, -0.2) is 37.0 Å². The number of hydrogen-bond acceptors (Lipinski definition) is 3. The molecule has 0 spiro atoms. The van der Waals surface area contributed by atoms with Crippen LogP contribution in [0.25, 0.3) is 0 Å². The highest BCUT2D eigenvalue weighted by atomic mass is 16.6. The molecule has 2 rings (SSSR count). The van der Waals surface area contributed by atoms with Crippen LogP contribution < -0.4 is 0 Å². The largest absolute Gasteiger partial charge is 0.478 e. The summed E-state index contributed by atoms with van der Waals surface area (Å²) in [7, 11) is 0. The molecular weight excluding hydrogens is 184 g/mol. The second-order valence-corrected chi connectivity index (χ2v) is 3.03. The van der Waals surface area contributed by atoms with Crippen molar-refractivity contribution in [2.45, 2.75) is 26.9 Å². The van der Waals surface area contributed by atoms with E-state index in [2.05, 4.69) is 11.7 Å². The van der Waals surface area contributed by atoms with Crippen molar-refractivity contribution >= 4 is 5.97 Å². The summed E-state index contributed by atoms with van der Waals surface area (Å²) in [4.78, 5) is 9.86. The molecule has 2 heterocycles. The van der Waals surface area contributed by atoms with Gasteiger partial charge in [-0.25, -0.2) is 4.79 Å². The molecule has 4 heteroatoms. The first-order valence-corrected chi connectivity index (χ1v) is 4.63. The van der Waals surface area contributed by atoms with E-state index in [0.29, 0.717) is 11.7 Å². The van der Waals surface area contributed by atoms with Crippen molar-refractivity contribution in [3.8, 4) is 0 Å². The van der Waals surface area contributed by atoms with E-state index >= 15 is 0 Å². The Hall–Kier alpha value is -0.870. The minimum atomic E-state index is -0.845. The average Bonchev–Trinajstić information content (AvgIpc) is 2.96. The van der Waals surface area contributed by atoms with Crippen molar-refractivity contribution in [2.75, 3.05) is 19.8 Å². The summed E-state index contributed by atoms with van der Waals surface area (Å²) in [6, 6.07) is 0. The molecule has 4 nitrogen and oxygen atoms in total. The van der Waals surface area contributed by atoms with E-state index in [1.165, 1.54) is 0 Å². The van der Waals surface area contributed by atoms with E-state index in [0.717, 1.165) is 19.8 Å². The van der Waals surface area contributed by atoms with E-state index in [1.54, 1.807) is 19.9 Å². The van der Waals surface area contributed by atoms with Gasteiger partial charge in [0.1, 0.15) is 0 Å². The number of allylic oxidation sites excluding steroid dienone is 1. The van der Waals surface area contributed by atoms with E-state index in [4.69, 9.17) is 9.84 Å². The van der Waals surface area contributed by atoms with E-state index in [9.17, 15) is 4.79 Å². The van der Waals surface area contributed by atoms with Gasteiger partial charge in [0.15, 0.2) is 0 Å². The van der Waals surface area contributed by atoms with E-state index in [-0.39, 0.29) is 0 Å². The number of ether oxygens (including phenoxy) is 2. The summed E-state index contributed by atoms with van der Waals surface area (Å²) in [5.74, 6) is -0.845.